The van der Waals surface area contributed by atoms with Gasteiger partial charge >= 0.3 is 0 Å². The number of carbonyl (C=O) groups is 1. The van der Waals surface area contributed by atoms with Crippen LogP contribution in [0.5, 0.6) is 0 Å². The summed E-state index contributed by atoms with van der Waals surface area (Å²) < 4.78 is 28.3. The minimum absolute atomic E-state index is 0.0925. The Morgan fingerprint density at radius 1 is 1.04 bits per heavy atom. The normalized spacial score (nSPS) is 19.0. The Labute approximate surface area is 163 Å². The molecule has 1 atom stereocenters. The van der Waals surface area contributed by atoms with Crippen molar-refractivity contribution in [2.24, 2.45) is 0 Å². The van der Waals surface area contributed by atoms with E-state index in [9.17, 15) is 13.2 Å². The van der Waals surface area contributed by atoms with E-state index < -0.39 is 21.3 Å². The Balaban J connectivity index is 1.73. The van der Waals surface area contributed by atoms with Crippen molar-refractivity contribution < 1.29 is 13.2 Å². The van der Waals surface area contributed by atoms with E-state index in [-0.39, 0.29) is 4.90 Å². The topological polar surface area (TPSA) is 63.2 Å². The van der Waals surface area contributed by atoms with Gasteiger partial charge in [-0.15, -0.1) is 0 Å². The van der Waals surface area contributed by atoms with Gasteiger partial charge in [0.2, 0.25) is 5.91 Å². The van der Waals surface area contributed by atoms with E-state index in [2.05, 4.69) is 4.72 Å². The van der Waals surface area contributed by atoms with Crippen molar-refractivity contribution in [1.29, 1.82) is 0 Å². The summed E-state index contributed by atoms with van der Waals surface area (Å²) in [5.74, 6) is -0.553. The molecule has 4 rings (SSSR count). The van der Waals surface area contributed by atoms with Crippen LogP contribution >= 0.6 is 11.6 Å². The molecule has 0 heterocycles. The summed E-state index contributed by atoms with van der Waals surface area (Å²) in [5.41, 5.74) is 0.728. The number of halogens is 1. The number of benzene rings is 3. The lowest BCUT2D eigenvalue weighted by Gasteiger charge is -2.25. The molecule has 0 radical (unpaired) electrons. The molecule has 0 aliphatic heterocycles. The predicted molar refractivity (Wildman–Crippen MR) is 106 cm³/mol. The van der Waals surface area contributed by atoms with Crippen LogP contribution in [0.3, 0.4) is 0 Å². The summed E-state index contributed by atoms with van der Waals surface area (Å²) in [7, 11) is -4.02. The lowest BCUT2D eigenvalue weighted by Crippen LogP contribution is -2.43. The molecule has 6 heteroatoms. The molecule has 0 saturated carbocycles. The average molecular weight is 400 g/mol. The molecule has 0 spiro atoms. The van der Waals surface area contributed by atoms with Crippen molar-refractivity contribution in [1.82, 2.24) is 4.72 Å². The second-order valence-electron chi connectivity index (χ2n) is 7.02. The van der Waals surface area contributed by atoms with Crippen molar-refractivity contribution in [2.45, 2.75) is 30.1 Å². The summed E-state index contributed by atoms with van der Waals surface area (Å²) in [6.45, 7) is 1.75. The lowest BCUT2D eigenvalue weighted by atomic mass is 9.83. The number of sulfonamides is 1. The second kappa shape index (κ2) is 6.36. The maximum absolute atomic E-state index is 13.1. The number of nitrogens with one attached hydrogen (secondary N) is 1. The van der Waals surface area contributed by atoms with E-state index >= 15 is 0 Å². The third-order valence-electron chi connectivity index (χ3n) is 5.31. The molecule has 0 bridgehead atoms. The second-order valence-corrected chi connectivity index (χ2v) is 9.08. The maximum Gasteiger partial charge on any atom is 0.264 e. The van der Waals surface area contributed by atoms with Crippen LogP contribution in [0.25, 0.3) is 10.8 Å². The zero-order valence-electron chi connectivity index (χ0n) is 14.7. The predicted octanol–water partition coefficient (Wildman–Crippen LogP) is 4.20. The van der Waals surface area contributed by atoms with Crippen molar-refractivity contribution in [3.63, 3.8) is 0 Å². The van der Waals surface area contributed by atoms with Crippen LogP contribution in [0.2, 0.25) is 5.02 Å². The van der Waals surface area contributed by atoms with Gasteiger partial charge in [0.25, 0.3) is 10.0 Å². The number of fused-ring (bicyclic) bond motifs is 2. The first kappa shape index (κ1) is 18.0. The van der Waals surface area contributed by atoms with Gasteiger partial charge in [-0.25, -0.2) is 13.1 Å². The standard InChI is InChI=1S/C21H18ClNO3S/c1-21(13-12-15-8-4-10-17(22)19(15)21)20(24)23-27(25,26)18-11-5-7-14-6-2-3-9-16(14)18/h2-11H,12-13H2,1H3,(H,23,24)/t21-/m0/s1. The van der Waals surface area contributed by atoms with E-state index in [1.54, 1.807) is 31.2 Å². The molecule has 3 aromatic carbocycles. The Kier molecular flexibility index (Phi) is 4.24. The number of carbonyl (C=O) groups excluding carboxylic acids is 1. The first-order valence-electron chi connectivity index (χ1n) is 8.66. The first-order valence-corrected chi connectivity index (χ1v) is 10.5. The molecule has 0 aromatic heterocycles. The summed E-state index contributed by atoms with van der Waals surface area (Å²) in [4.78, 5) is 13.2. The van der Waals surface area contributed by atoms with Crippen molar-refractivity contribution in [3.05, 3.63) is 76.8 Å². The number of rotatable bonds is 3. The Morgan fingerprint density at radius 3 is 2.56 bits per heavy atom. The molecule has 1 aliphatic carbocycles. The van der Waals surface area contributed by atoms with E-state index in [4.69, 9.17) is 11.6 Å². The van der Waals surface area contributed by atoms with Crippen LogP contribution in [-0.4, -0.2) is 14.3 Å². The summed E-state index contributed by atoms with van der Waals surface area (Å²) in [5, 5.41) is 1.87. The molecule has 0 unspecified atom stereocenters. The highest BCUT2D eigenvalue weighted by atomic mass is 35.5. The van der Waals surface area contributed by atoms with Gasteiger partial charge in [0, 0.05) is 10.4 Å². The van der Waals surface area contributed by atoms with Crippen molar-refractivity contribution in [2.75, 3.05) is 0 Å². The zero-order valence-corrected chi connectivity index (χ0v) is 16.3. The summed E-state index contributed by atoms with van der Waals surface area (Å²) in [6, 6.07) is 17.7. The Morgan fingerprint density at radius 2 is 1.74 bits per heavy atom. The highest BCUT2D eigenvalue weighted by Gasteiger charge is 2.44. The molecule has 3 aromatic rings. The first-order chi connectivity index (χ1) is 12.8. The Bertz CT molecular complexity index is 1170. The highest BCUT2D eigenvalue weighted by Crippen LogP contribution is 2.43. The van der Waals surface area contributed by atoms with E-state index in [1.807, 2.05) is 30.3 Å². The molecule has 27 heavy (non-hydrogen) atoms. The Hall–Kier alpha value is -2.37. The van der Waals surface area contributed by atoms with Gasteiger partial charge in [-0.2, -0.15) is 0 Å². The number of aryl methyl sites for hydroxylation is 1. The van der Waals surface area contributed by atoms with E-state index in [1.165, 1.54) is 6.07 Å². The fraction of sp³-hybridized carbons (Fsp3) is 0.190. The molecular formula is C21H18ClNO3S. The minimum Gasteiger partial charge on any atom is -0.273 e. The van der Waals surface area contributed by atoms with Gasteiger partial charge < -0.3 is 0 Å². The van der Waals surface area contributed by atoms with Crippen LogP contribution in [0.1, 0.15) is 24.5 Å². The number of amides is 1. The SMILES string of the molecule is C[C@]1(C(=O)NS(=O)(=O)c2cccc3ccccc23)CCc2cccc(Cl)c21. The molecule has 1 aliphatic rings. The fourth-order valence-corrected chi connectivity index (χ4v) is 5.57. The van der Waals surface area contributed by atoms with Crippen LogP contribution < -0.4 is 4.72 Å². The minimum atomic E-state index is -4.02. The smallest absolute Gasteiger partial charge is 0.264 e. The van der Waals surface area contributed by atoms with Crippen LogP contribution in [0.4, 0.5) is 0 Å². The largest absolute Gasteiger partial charge is 0.273 e. The van der Waals surface area contributed by atoms with E-state index in [0.29, 0.717) is 23.3 Å². The molecule has 1 amide bonds. The lowest BCUT2D eigenvalue weighted by molar-refractivity contribution is -0.124. The van der Waals surface area contributed by atoms with Crippen LogP contribution in [0.15, 0.2) is 65.6 Å². The number of hydrogen-bond donors (Lipinski definition) is 1. The van der Waals surface area contributed by atoms with E-state index in [0.717, 1.165) is 16.5 Å². The molecule has 0 saturated heterocycles. The van der Waals surface area contributed by atoms with Crippen molar-refractivity contribution in [3.8, 4) is 0 Å². The quantitative estimate of drug-likeness (QED) is 0.717. The molecule has 138 valence electrons. The highest BCUT2D eigenvalue weighted by molar-refractivity contribution is 7.90. The molecular weight excluding hydrogens is 382 g/mol. The van der Waals surface area contributed by atoms with Crippen molar-refractivity contribution >= 4 is 38.3 Å². The third kappa shape index (κ3) is 2.91. The van der Waals surface area contributed by atoms with Crippen LogP contribution in [0, 0.1) is 0 Å². The third-order valence-corrected chi connectivity index (χ3v) is 7.02. The summed E-state index contributed by atoms with van der Waals surface area (Å²) in [6.07, 6.45) is 1.21. The van der Waals surface area contributed by atoms with Gasteiger partial charge in [0.1, 0.15) is 0 Å². The van der Waals surface area contributed by atoms with Crippen LogP contribution in [-0.2, 0) is 26.7 Å². The molecule has 4 nitrogen and oxygen atoms in total. The van der Waals surface area contributed by atoms with Gasteiger partial charge in [-0.3, -0.25) is 4.79 Å². The average Bonchev–Trinajstić information content (AvgIpc) is 3.00. The van der Waals surface area contributed by atoms with Gasteiger partial charge in [0.15, 0.2) is 0 Å². The number of hydrogen-bond acceptors (Lipinski definition) is 3. The molecule has 1 N–H and O–H groups in total. The van der Waals surface area contributed by atoms with Gasteiger partial charge in [0.05, 0.1) is 10.3 Å². The van der Waals surface area contributed by atoms with Gasteiger partial charge in [-0.1, -0.05) is 60.1 Å². The fourth-order valence-electron chi connectivity index (χ4n) is 3.85. The summed E-state index contributed by atoms with van der Waals surface area (Å²) >= 11 is 6.34. The van der Waals surface area contributed by atoms with Gasteiger partial charge in [-0.05, 0) is 48.4 Å². The molecule has 0 fully saturated rings. The zero-order chi connectivity index (χ0) is 19.2. The maximum atomic E-state index is 13.1. The monoisotopic (exact) mass is 399 g/mol.